The third kappa shape index (κ3) is 4.20. The van der Waals surface area contributed by atoms with Crippen molar-refractivity contribution in [2.24, 2.45) is 5.41 Å². The molecule has 6 heteroatoms. The summed E-state index contributed by atoms with van der Waals surface area (Å²) in [6, 6.07) is 10.0. The van der Waals surface area contributed by atoms with Gasteiger partial charge in [-0.1, -0.05) is 49.1 Å². The summed E-state index contributed by atoms with van der Waals surface area (Å²) >= 11 is 6.43. The van der Waals surface area contributed by atoms with Gasteiger partial charge < -0.3 is 10.1 Å². The minimum Gasteiger partial charge on any atom is -0.379 e. The van der Waals surface area contributed by atoms with E-state index in [1.807, 2.05) is 24.3 Å². The number of benzene rings is 1. The summed E-state index contributed by atoms with van der Waals surface area (Å²) in [6.07, 6.45) is 4.30. The number of ether oxygens (including phenoxy) is 1. The van der Waals surface area contributed by atoms with Crippen LogP contribution < -0.4 is 5.32 Å². The lowest BCUT2D eigenvalue weighted by Gasteiger charge is -2.36. The van der Waals surface area contributed by atoms with Crippen LogP contribution in [0.5, 0.6) is 0 Å². The number of carbonyl (C=O) groups is 1. The van der Waals surface area contributed by atoms with Gasteiger partial charge in [0.1, 0.15) is 5.41 Å². The fourth-order valence-electron chi connectivity index (χ4n) is 3.97. The number of morpholine rings is 1. The van der Waals surface area contributed by atoms with Crippen molar-refractivity contribution in [2.75, 3.05) is 32.8 Å². The van der Waals surface area contributed by atoms with E-state index in [1.165, 1.54) is 0 Å². The zero-order valence-corrected chi connectivity index (χ0v) is 15.8. The van der Waals surface area contributed by atoms with Gasteiger partial charge in [0.15, 0.2) is 0 Å². The Hall–Kier alpha value is -1.61. The van der Waals surface area contributed by atoms with Crippen LogP contribution in [0.4, 0.5) is 0 Å². The maximum absolute atomic E-state index is 12.8. The van der Waals surface area contributed by atoms with E-state index in [9.17, 15) is 10.1 Å². The molecule has 0 aromatic heterocycles. The highest BCUT2D eigenvalue weighted by molar-refractivity contribution is 6.31. The summed E-state index contributed by atoms with van der Waals surface area (Å²) in [5.41, 5.74) is 0.139. The molecule has 0 spiro atoms. The van der Waals surface area contributed by atoms with E-state index in [0.717, 1.165) is 37.9 Å². The van der Waals surface area contributed by atoms with E-state index < -0.39 is 5.41 Å². The molecule has 1 heterocycles. The maximum Gasteiger partial charge on any atom is 0.240 e. The first kappa shape index (κ1) is 19.2. The second-order valence-corrected chi connectivity index (χ2v) is 7.56. The number of hydrogen-bond donors (Lipinski definition) is 1. The highest BCUT2D eigenvalue weighted by Crippen LogP contribution is 2.36. The number of nitrogens with one attached hydrogen (secondary N) is 1. The molecule has 1 saturated carbocycles. The molecule has 1 aromatic carbocycles. The smallest absolute Gasteiger partial charge is 0.240 e. The average Bonchev–Trinajstić information content (AvgIpc) is 2.70. The number of amides is 1. The predicted molar refractivity (Wildman–Crippen MR) is 101 cm³/mol. The van der Waals surface area contributed by atoms with Crippen LogP contribution in [-0.4, -0.2) is 43.7 Å². The molecule has 1 amide bonds. The molecule has 1 saturated heterocycles. The van der Waals surface area contributed by atoms with Crippen molar-refractivity contribution in [3.63, 3.8) is 0 Å². The van der Waals surface area contributed by atoms with Crippen molar-refractivity contribution >= 4 is 17.5 Å². The third-order valence-electron chi connectivity index (χ3n) is 5.56. The van der Waals surface area contributed by atoms with Gasteiger partial charge in [0, 0.05) is 24.7 Å². The number of hydrogen-bond acceptors (Lipinski definition) is 4. The Bertz CT molecular complexity index is 661. The fraction of sp³-hybridized carbons (Fsp3) is 0.600. The van der Waals surface area contributed by atoms with Crippen LogP contribution in [0.25, 0.3) is 0 Å². The quantitative estimate of drug-likeness (QED) is 0.857. The van der Waals surface area contributed by atoms with Crippen molar-refractivity contribution in [3.8, 4) is 6.07 Å². The van der Waals surface area contributed by atoms with Gasteiger partial charge >= 0.3 is 0 Å². The van der Waals surface area contributed by atoms with Crippen molar-refractivity contribution in [1.82, 2.24) is 10.2 Å². The van der Waals surface area contributed by atoms with Crippen LogP contribution in [0.1, 0.15) is 43.7 Å². The summed E-state index contributed by atoms with van der Waals surface area (Å²) in [6.45, 7) is 3.41. The molecule has 1 atom stereocenters. The van der Waals surface area contributed by atoms with Gasteiger partial charge in [-0.25, -0.2) is 0 Å². The molecule has 1 aliphatic carbocycles. The second-order valence-electron chi connectivity index (χ2n) is 7.15. The normalized spacial score (nSPS) is 21.5. The topological polar surface area (TPSA) is 65.4 Å². The number of nitriles is 1. The maximum atomic E-state index is 12.8. The first-order chi connectivity index (χ1) is 12.7. The fourth-order valence-corrected chi connectivity index (χ4v) is 4.24. The third-order valence-corrected chi connectivity index (χ3v) is 5.91. The van der Waals surface area contributed by atoms with Crippen molar-refractivity contribution in [2.45, 2.75) is 38.1 Å². The van der Waals surface area contributed by atoms with Gasteiger partial charge in [-0.05, 0) is 24.5 Å². The van der Waals surface area contributed by atoms with Gasteiger partial charge in [-0.2, -0.15) is 5.26 Å². The minimum absolute atomic E-state index is 0.0177. The first-order valence-electron chi connectivity index (χ1n) is 9.42. The number of carbonyl (C=O) groups excluding carboxylic acids is 1. The van der Waals surface area contributed by atoms with Crippen molar-refractivity contribution in [1.29, 1.82) is 5.26 Å². The van der Waals surface area contributed by atoms with Gasteiger partial charge in [0.25, 0.3) is 0 Å². The van der Waals surface area contributed by atoms with E-state index >= 15 is 0 Å². The van der Waals surface area contributed by atoms with Gasteiger partial charge in [0.05, 0.1) is 25.3 Å². The summed E-state index contributed by atoms with van der Waals surface area (Å²) in [5, 5.41) is 13.4. The van der Waals surface area contributed by atoms with E-state index in [4.69, 9.17) is 16.3 Å². The Labute approximate surface area is 160 Å². The van der Waals surface area contributed by atoms with E-state index in [-0.39, 0.29) is 11.9 Å². The van der Waals surface area contributed by atoms with Crippen LogP contribution >= 0.6 is 11.6 Å². The molecule has 1 aliphatic heterocycles. The highest BCUT2D eigenvalue weighted by Gasteiger charge is 2.40. The molecule has 0 bridgehead atoms. The lowest BCUT2D eigenvalue weighted by Crippen LogP contribution is -2.47. The largest absolute Gasteiger partial charge is 0.379 e. The lowest BCUT2D eigenvalue weighted by atomic mass is 9.74. The average molecular weight is 376 g/mol. The van der Waals surface area contributed by atoms with Crippen LogP contribution in [0.15, 0.2) is 24.3 Å². The Kier molecular flexibility index (Phi) is 6.53. The molecular weight excluding hydrogens is 350 g/mol. The standard InChI is InChI=1S/C20H26ClN3O2/c21-17-7-3-2-6-16(17)18(24-10-12-26-13-11-24)14-23-19(25)20(15-22)8-4-1-5-9-20/h2-3,6-7,18H,1,4-5,8-14H2,(H,23,25). The van der Waals surface area contributed by atoms with Crippen molar-refractivity contribution < 1.29 is 9.53 Å². The number of rotatable bonds is 5. The first-order valence-corrected chi connectivity index (χ1v) is 9.80. The minimum atomic E-state index is -0.867. The molecule has 3 rings (SSSR count). The SMILES string of the molecule is N#CC1(C(=O)NCC(c2ccccc2Cl)N2CCOCC2)CCCCC1. The van der Waals surface area contributed by atoms with E-state index in [2.05, 4.69) is 16.3 Å². The van der Waals surface area contributed by atoms with Gasteiger partial charge in [0.2, 0.25) is 5.91 Å². The Morgan fingerprint density at radius 3 is 2.62 bits per heavy atom. The highest BCUT2D eigenvalue weighted by atomic mass is 35.5. The number of nitrogens with zero attached hydrogens (tertiary/aromatic N) is 2. The molecule has 0 radical (unpaired) electrons. The van der Waals surface area contributed by atoms with E-state index in [1.54, 1.807) is 0 Å². The molecule has 2 aliphatic rings. The summed E-state index contributed by atoms with van der Waals surface area (Å²) in [7, 11) is 0. The molecule has 2 fully saturated rings. The van der Waals surface area contributed by atoms with Gasteiger partial charge in [-0.15, -0.1) is 0 Å². The summed E-state index contributed by atoms with van der Waals surface area (Å²) in [4.78, 5) is 15.1. The second kappa shape index (κ2) is 8.85. The van der Waals surface area contributed by atoms with Crippen LogP contribution in [0.3, 0.4) is 0 Å². The zero-order valence-electron chi connectivity index (χ0n) is 15.0. The zero-order chi connectivity index (χ0) is 18.4. The predicted octanol–water partition coefficient (Wildman–Crippen LogP) is 3.30. The van der Waals surface area contributed by atoms with Crippen LogP contribution in [0.2, 0.25) is 5.02 Å². The molecular formula is C20H26ClN3O2. The Balaban J connectivity index is 1.74. The lowest BCUT2D eigenvalue weighted by molar-refractivity contribution is -0.130. The molecule has 1 aromatic rings. The molecule has 5 nitrogen and oxygen atoms in total. The van der Waals surface area contributed by atoms with Crippen LogP contribution in [0, 0.1) is 16.7 Å². The Morgan fingerprint density at radius 2 is 1.96 bits per heavy atom. The number of halogens is 1. The molecule has 1 unspecified atom stereocenters. The molecule has 26 heavy (non-hydrogen) atoms. The van der Waals surface area contributed by atoms with E-state index in [0.29, 0.717) is 37.6 Å². The molecule has 140 valence electrons. The van der Waals surface area contributed by atoms with Crippen molar-refractivity contribution in [3.05, 3.63) is 34.9 Å². The van der Waals surface area contributed by atoms with Crippen LogP contribution in [-0.2, 0) is 9.53 Å². The van der Waals surface area contributed by atoms with Gasteiger partial charge in [-0.3, -0.25) is 9.69 Å². The Morgan fingerprint density at radius 1 is 1.27 bits per heavy atom. The summed E-state index contributed by atoms with van der Waals surface area (Å²) in [5.74, 6) is -0.134. The molecule has 1 N–H and O–H groups in total. The summed E-state index contributed by atoms with van der Waals surface area (Å²) < 4.78 is 5.47. The monoisotopic (exact) mass is 375 g/mol.